The van der Waals surface area contributed by atoms with Gasteiger partial charge in [-0.05, 0) is 44.4 Å². The van der Waals surface area contributed by atoms with Crippen molar-refractivity contribution in [3.63, 3.8) is 0 Å². The summed E-state index contributed by atoms with van der Waals surface area (Å²) in [5, 5.41) is 12.5. The summed E-state index contributed by atoms with van der Waals surface area (Å²) in [5.41, 5.74) is 1.84. The summed E-state index contributed by atoms with van der Waals surface area (Å²) in [6.07, 6.45) is 4.96. The highest BCUT2D eigenvalue weighted by Gasteiger charge is 2.20. The molecule has 0 spiro atoms. The number of nitrogens with one attached hydrogen (secondary N) is 1. The fraction of sp³-hybridized carbons (Fsp3) is 0.435. The summed E-state index contributed by atoms with van der Waals surface area (Å²) < 4.78 is 7.43. The Bertz CT molecular complexity index is 949. The predicted octanol–water partition coefficient (Wildman–Crippen LogP) is 5.26. The highest BCUT2D eigenvalue weighted by molar-refractivity contribution is 7.99. The number of carbonyl (C=O) groups is 1. The molecule has 0 bridgehead atoms. The average molecular weight is 427 g/mol. The van der Waals surface area contributed by atoms with Gasteiger partial charge in [0.15, 0.2) is 11.0 Å². The number of benzene rings is 1. The molecule has 0 radical (unpaired) electrons. The third kappa shape index (κ3) is 5.75. The molecule has 1 amide bonds. The first-order chi connectivity index (χ1) is 14.5. The molecule has 0 saturated heterocycles. The molecule has 0 unspecified atom stereocenters. The van der Waals surface area contributed by atoms with Crippen LogP contribution in [0.1, 0.15) is 45.8 Å². The molecular formula is C23H30N4O2S. The third-order valence-corrected chi connectivity index (χ3v) is 5.83. The zero-order valence-electron chi connectivity index (χ0n) is 18.1. The van der Waals surface area contributed by atoms with Crippen LogP contribution in [0, 0.1) is 12.8 Å². The van der Waals surface area contributed by atoms with Gasteiger partial charge in [-0.3, -0.25) is 9.36 Å². The molecule has 3 rings (SSSR count). The molecule has 0 aliphatic carbocycles. The molecule has 2 aromatic heterocycles. The van der Waals surface area contributed by atoms with Gasteiger partial charge < -0.3 is 9.73 Å². The van der Waals surface area contributed by atoms with Crippen molar-refractivity contribution >= 4 is 17.7 Å². The van der Waals surface area contributed by atoms with Gasteiger partial charge in [-0.2, -0.15) is 0 Å². The van der Waals surface area contributed by atoms with E-state index >= 15 is 0 Å². The van der Waals surface area contributed by atoms with Crippen LogP contribution in [-0.2, 0) is 4.79 Å². The van der Waals surface area contributed by atoms with E-state index in [1.54, 1.807) is 6.26 Å². The minimum absolute atomic E-state index is 0.0145. The van der Waals surface area contributed by atoms with Gasteiger partial charge in [0.2, 0.25) is 5.91 Å². The van der Waals surface area contributed by atoms with Crippen molar-refractivity contribution in [2.24, 2.45) is 5.92 Å². The van der Waals surface area contributed by atoms with Crippen LogP contribution in [-0.4, -0.2) is 32.5 Å². The number of hydrogen-bond acceptors (Lipinski definition) is 5. The van der Waals surface area contributed by atoms with Crippen LogP contribution < -0.4 is 5.32 Å². The van der Waals surface area contributed by atoms with Crippen LogP contribution in [0.15, 0.2) is 52.2 Å². The van der Waals surface area contributed by atoms with Crippen molar-refractivity contribution in [1.82, 2.24) is 20.1 Å². The van der Waals surface area contributed by atoms with Crippen molar-refractivity contribution in [2.45, 2.75) is 58.2 Å². The quantitative estimate of drug-likeness (QED) is 0.448. The normalized spacial score (nSPS) is 12.3. The van der Waals surface area contributed by atoms with Crippen molar-refractivity contribution in [1.29, 1.82) is 0 Å². The number of carbonyl (C=O) groups excluding carboxylic acids is 1. The minimum Gasteiger partial charge on any atom is -0.469 e. The summed E-state index contributed by atoms with van der Waals surface area (Å²) in [4.78, 5) is 12.5. The Morgan fingerprint density at radius 1 is 1.13 bits per heavy atom. The number of aromatic nitrogens is 3. The van der Waals surface area contributed by atoms with E-state index in [1.807, 2.05) is 47.9 Å². The van der Waals surface area contributed by atoms with Crippen LogP contribution in [0.3, 0.4) is 0 Å². The zero-order valence-corrected chi connectivity index (χ0v) is 18.9. The van der Waals surface area contributed by atoms with E-state index in [0.29, 0.717) is 22.7 Å². The van der Waals surface area contributed by atoms with Gasteiger partial charge in [0.05, 0.1) is 17.6 Å². The van der Waals surface area contributed by atoms with Crippen molar-refractivity contribution in [2.75, 3.05) is 5.75 Å². The molecule has 0 fully saturated rings. The molecule has 160 valence electrons. The van der Waals surface area contributed by atoms with E-state index in [0.717, 1.165) is 29.9 Å². The lowest BCUT2D eigenvalue weighted by atomic mass is 10.0. The van der Waals surface area contributed by atoms with Crippen LogP contribution in [0.2, 0.25) is 0 Å². The van der Waals surface area contributed by atoms with Crippen LogP contribution in [0.25, 0.3) is 17.1 Å². The van der Waals surface area contributed by atoms with Crippen LogP contribution >= 0.6 is 11.8 Å². The second-order valence-electron chi connectivity index (χ2n) is 7.95. The first kappa shape index (κ1) is 22.2. The summed E-state index contributed by atoms with van der Waals surface area (Å²) in [6.45, 7) is 8.42. The molecule has 30 heavy (non-hydrogen) atoms. The Kier molecular flexibility index (Phi) is 7.74. The summed E-state index contributed by atoms with van der Waals surface area (Å²) in [6, 6.07) is 12.0. The highest BCUT2D eigenvalue weighted by Crippen LogP contribution is 2.30. The number of para-hydroxylation sites is 1. The fourth-order valence-electron chi connectivity index (χ4n) is 3.32. The monoisotopic (exact) mass is 426 g/mol. The van der Waals surface area contributed by atoms with Gasteiger partial charge in [-0.25, -0.2) is 0 Å². The second kappa shape index (κ2) is 10.5. The Morgan fingerprint density at radius 2 is 1.90 bits per heavy atom. The number of hydrogen-bond donors (Lipinski definition) is 1. The third-order valence-electron chi connectivity index (χ3n) is 4.91. The summed E-state index contributed by atoms with van der Waals surface area (Å²) >= 11 is 1.39. The smallest absolute Gasteiger partial charge is 0.230 e. The molecule has 3 aromatic rings. The van der Waals surface area contributed by atoms with E-state index in [1.165, 1.54) is 18.2 Å². The molecule has 1 atom stereocenters. The number of aryl methyl sites for hydroxylation is 1. The summed E-state index contributed by atoms with van der Waals surface area (Å²) in [7, 11) is 0. The standard InChI is InChI=1S/C23H30N4O2S/c1-16(2)9-8-10-17(3)24-21(28)15-30-23-26-25-22(20-13-14-29-18(20)4)27(23)19-11-6-5-7-12-19/h5-7,11-14,16-17H,8-10,15H2,1-4H3,(H,24,28)/t17-/m0/s1. The maximum atomic E-state index is 12.5. The molecule has 0 aliphatic heterocycles. The summed E-state index contributed by atoms with van der Waals surface area (Å²) in [5.74, 6) is 2.49. The topological polar surface area (TPSA) is 72.9 Å². The van der Waals surface area contributed by atoms with Crippen molar-refractivity contribution < 1.29 is 9.21 Å². The highest BCUT2D eigenvalue weighted by atomic mass is 32.2. The van der Waals surface area contributed by atoms with E-state index in [-0.39, 0.29) is 11.9 Å². The largest absolute Gasteiger partial charge is 0.469 e. The van der Waals surface area contributed by atoms with Gasteiger partial charge in [0.25, 0.3) is 0 Å². The van der Waals surface area contributed by atoms with Gasteiger partial charge in [0.1, 0.15) is 5.76 Å². The zero-order chi connectivity index (χ0) is 21.5. The maximum absolute atomic E-state index is 12.5. The maximum Gasteiger partial charge on any atom is 0.230 e. The molecule has 2 heterocycles. The first-order valence-electron chi connectivity index (χ1n) is 10.4. The number of rotatable bonds is 10. The van der Waals surface area contributed by atoms with Crippen molar-refractivity contribution in [3.05, 3.63) is 48.4 Å². The molecule has 1 N–H and O–H groups in total. The predicted molar refractivity (Wildman–Crippen MR) is 121 cm³/mol. The van der Waals surface area contributed by atoms with Gasteiger partial charge >= 0.3 is 0 Å². The van der Waals surface area contributed by atoms with Gasteiger partial charge in [0, 0.05) is 11.7 Å². The molecule has 0 aliphatic rings. The van der Waals surface area contributed by atoms with Gasteiger partial charge in [-0.15, -0.1) is 10.2 Å². The molecule has 6 nitrogen and oxygen atoms in total. The van der Waals surface area contributed by atoms with Crippen LogP contribution in [0.5, 0.6) is 0 Å². The minimum atomic E-state index is 0.0145. The van der Waals surface area contributed by atoms with E-state index in [9.17, 15) is 4.79 Å². The molecule has 7 heteroatoms. The number of thioether (sulfide) groups is 1. The SMILES string of the molecule is Cc1occc1-c1nnc(SCC(=O)N[C@@H](C)CCCC(C)C)n1-c1ccccc1. The number of furan rings is 1. The van der Waals surface area contributed by atoms with Crippen molar-refractivity contribution in [3.8, 4) is 17.1 Å². The lowest BCUT2D eigenvalue weighted by Gasteiger charge is -2.14. The molecule has 1 aromatic carbocycles. The van der Waals surface area contributed by atoms with Crippen LogP contribution in [0.4, 0.5) is 0 Å². The molecule has 0 saturated carbocycles. The Morgan fingerprint density at radius 3 is 2.57 bits per heavy atom. The average Bonchev–Trinajstić information content (AvgIpc) is 3.32. The first-order valence-corrected chi connectivity index (χ1v) is 11.4. The lowest BCUT2D eigenvalue weighted by molar-refractivity contribution is -0.119. The Labute approximate surface area is 182 Å². The molecular weight excluding hydrogens is 396 g/mol. The Hall–Kier alpha value is -2.54. The van der Waals surface area contributed by atoms with E-state index in [2.05, 4.69) is 36.3 Å². The van der Waals surface area contributed by atoms with E-state index in [4.69, 9.17) is 4.42 Å². The fourth-order valence-corrected chi connectivity index (χ4v) is 4.08. The second-order valence-corrected chi connectivity index (χ2v) is 8.89. The lowest BCUT2D eigenvalue weighted by Crippen LogP contribution is -2.33. The number of nitrogens with zero attached hydrogens (tertiary/aromatic N) is 3. The number of amides is 1. The van der Waals surface area contributed by atoms with E-state index < -0.39 is 0 Å². The Balaban J connectivity index is 1.70. The van der Waals surface area contributed by atoms with Gasteiger partial charge in [-0.1, -0.05) is 56.7 Å².